The molecule has 1 heterocycles. The number of rotatable bonds is 3. The number of fused-ring (bicyclic) bond motifs is 1. The third-order valence-corrected chi connectivity index (χ3v) is 2.78. The number of benzene rings is 1. The maximum Gasteiger partial charge on any atom is 0.256 e. The monoisotopic (exact) mass is 264 g/mol. The summed E-state index contributed by atoms with van der Waals surface area (Å²) in [5.41, 5.74) is 1.10. The molecule has 2 aromatic rings. The number of para-hydroxylation sites is 1. The number of aromatic nitrogens is 2. The Balaban J connectivity index is 2.66. The summed E-state index contributed by atoms with van der Waals surface area (Å²) in [5, 5.41) is 0.405. The van der Waals surface area contributed by atoms with Gasteiger partial charge in [-0.2, -0.15) is 0 Å². The molecule has 0 radical (unpaired) electrons. The molecule has 2 rings (SSSR count). The Labute approximate surface area is 101 Å². The second-order valence-corrected chi connectivity index (χ2v) is 3.95. The van der Waals surface area contributed by atoms with E-state index in [2.05, 4.69) is 4.98 Å². The van der Waals surface area contributed by atoms with Crippen molar-refractivity contribution < 1.29 is 8.78 Å². The van der Waals surface area contributed by atoms with Gasteiger partial charge < -0.3 is 4.57 Å². The van der Waals surface area contributed by atoms with Crippen LogP contribution in [-0.2, 0) is 12.4 Å². The van der Waals surface area contributed by atoms with Gasteiger partial charge >= 0.3 is 0 Å². The zero-order valence-electron chi connectivity index (χ0n) is 8.13. The first-order valence-corrected chi connectivity index (χ1v) is 5.52. The summed E-state index contributed by atoms with van der Waals surface area (Å²) in [7, 11) is 0. The molecule has 0 aliphatic rings. The van der Waals surface area contributed by atoms with Crippen molar-refractivity contribution in [2.75, 3.05) is 0 Å². The smallest absolute Gasteiger partial charge is 0.256 e. The van der Waals surface area contributed by atoms with E-state index in [-0.39, 0.29) is 5.88 Å². The van der Waals surface area contributed by atoms with Crippen LogP contribution in [0.5, 0.6) is 0 Å². The van der Waals surface area contributed by atoms with Crippen LogP contribution >= 0.6 is 23.2 Å². The lowest BCUT2D eigenvalue weighted by molar-refractivity contribution is 0.127. The number of imidazole rings is 1. The third kappa shape index (κ3) is 1.99. The highest BCUT2D eigenvalue weighted by Gasteiger charge is 2.15. The molecular weight excluding hydrogens is 257 g/mol. The second-order valence-electron chi connectivity index (χ2n) is 3.27. The highest BCUT2D eigenvalue weighted by atomic mass is 35.5. The average Bonchev–Trinajstić information content (AvgIpc) is 2.57. The van der Waals surface area contributed by atoms with Gasteiger partial charge in [-0.1, -0.05) is 17.7 Å². The normalized spacial score (nSPS) is 11.6. The van der Waals surface area contributed by atoms with Crippen molar-refractivity contribution in [2.45, 2.75) is 18.9 Å². The summed E-state index contributed by atoms with van der Waals surface area (Å²) >= 11 is 11.6. The third-order valence-electron chi connectivity index (χ3n) is 2.24. The molecule has 0 atom stereocenters. The molecule has 0 bridgehead atoms. The van der Waals surface area contributed by atoms with Crippen molar-refractivity contribution in [3.63, 3.8) is 0 Å². The minimum absolute atomic E-state index is 0.0811. The van der Waals surface area contributed by atoms with Gasteiger partial charge in [-0.25, -0.2) is 13.8 Å². The van der Waals surface area contributed by atoms with Gasteiger partial charge in [-0.3, -0.25) is 0 Å². The fourth-order valence-corrected chi connectivity index (χ4v) is 2.10. The van der Waals surface area contributed by atoms with E-state index in [4.69, 9.17) is 23.2 Å². The molecule has 0 N–H and O–H groups in total. The first-order valence-electron chi connectivity index (χ1n) is 4.61. The van der Waals surface area contributed by atoms with Crippen LogP contribution in [0, 0.1) is 0 Å². The molecule has 1 aromatic carbocycles. The molecule has 0 amide bonds. The van der Waals surface area contributed by atoms with Crippen LogP contribution in [-0.4, -0.2) is 16.0 Å². The first-order chi connectivity index (χ1) is 7.63. The average molecular weight is 265 g/mol. The van der Waals surface area contributed by atoms with Crippen LogP contribution < -0.4 is 0 Å². The molecule has 0 saturated heterocycles. The number of alkyl halides is 3. The number of hydrogen-bond acceptors (Lipinski definition) is 1. The van der Waals surface area contributed by atoms with E-state index in [9.17, 15) is 8.78 Å². The Morgan fingerprint density at radius 3 is 2.75 bits per heavy atom. The summed E-state index contributed by atoms with van der Waals surface area (Å²) in [6.07, 6.45) is -2.46. The van der Waals surface area contributed by atoms with Gasteiger partial charge in [-0.05, 0) is 12.1 Å². The zero-order chi connectivity index (χ0) is 11.7. The van der Waals surface area contributed by atoms with Gasteiger partial charge in [0, 0.05) is 0 Å². The van der Waals surface area contributed by atoms with Crippen molar-refractivity contribution in [2.24, 2.45) is 0 Å². The standard InChI is InChI=1S/C10H8Cl2F2N2/c11-4-9-15-7-3-1-2-6(12)10(7)16(9)5-8(13)14/h1-3,8H,4-5H2. The topological polar surface area (TPSA) is 17.8 Å². The highest BCUT2D eigenvalue weighted by molar-refractivity contribution is 6.35. The van der Waals surface area contributed by atoms with Gasteiger partial charge in [0.25, 0.3) is 6.43 Å². The molecule has 0 aliphatic heterocycles. The van der Waals surface area contributed by atoms with E-state index in [0.29, 0.717) is 21.9 Å². The van der Waals surface area contributed by atoms with E-state index in [0.717, 1.165) is 0 Å². The van der Waals surface area contributed by atoms with Gasteiger partial charge in [0.1, 0.15) is 5.82 Å². The van der Waals surface area contributed by atoms with E-state index in [1.807, 2.05) is 0 Å². The van der Waals surface area contributed by atoms with Crippen LogP contribution in [0.15, 0.2) is 18.2 Å². The summed E-state index contributed by atoms with van der Waals surface area (Å²) in [4.78, 5) is 4.16. The summed E-state index contributed by atoms with van der Waals surface area (Å²) < 4.78 is 26.2. The summed E-state index contributed by atoms with van der Waals surface area (Å²) in [6.45, 7) is -0.442. The fraction of sp³-hybridized carbons (Fsp3) is 0.300. The largest absolute Gasteiger partial charge is 0.320 e. The maximum atomic E-state index is 12.4. The van der Waals surface area contributed by atoms with Gasteiger partial charge in [0.15, 0.2) is 0 Å². The van der Waals surface area contributed by atoms with Crippen molar-refractivity contribution in [1.29, 1.82) is 0 Å². The molecule has 0 fully saturated rings. The molecule has 16 heavy (non-hydrogen) atoms. The van der Waals surface area contributed by atoms with E-state index >= 15 is 0 Å². The van der Waals surface area contributed by atoms with Gasteiger partial charge in [0.05, 0.1) is 28.5 Å². The van der Waals surface area contributed by atoms with Crippen molar-refractivity contribution >= 4 is 34.2 Å². The van der Waals surface area contributed by atoms with Gasteiger partial charge in [0.2, 0.25) is 0 Å². The van der Waals surface area contributed by atoms with E-state index in [1.165, 1.54) is 4.57 Å². The molecule has 0 saturated carbocycles. The Bertz CT molecular complexity index is 511. The minimum Gasteiger partial charge on any atom is -0.320 e. The highest BCUT2D eigenvalue weighted by Crippen LogP contribution is 2.25. The number of nitrogens with zero attached hydrogens (tertiary/aromatic N) is 2. The predicted octanol–water partition coefficient (Wildman–Crippen LogP) is 3.69. The fourth-order valence-electron chi connectivity index (χ4n) is 1.63. The van der Waals surface area contributed by atoms with E-state index < -0.39 is 13.0 Å². The molecule has 6 heteroatoms. The van der Waals surface area contributed by atoms with Crippen LogP contribution in [0.4, 0.5) is 8.78 Å². The maximum absolute atomic E-state index is 12.4. The second kappa shape index (κ2) is 4.55. The Kier molecular flexibility index (Phi) is 3.30. The lowest BCUT2D eigenvalue weighted by atomic mass is 10.3. The van der Waals surface area contributed by atoms with Crippen molar-refractivity contribution in [1.82, 2.24) is 9.55 Å². The van der Waals surface area contributed by atoms with E-state index in [1.54, 1.807) is 18.2 Å². The molecule has 0 aliphatic carbocycles. The molecule has 86 valence electrons. The summed E-state index contributed by atoms with van der Waals surface area (Å²) in [5.74, 6) is 0.489. The van der Waals surface area contributed by atoms with Crippen LogP contribution in [0.1, 0.15) is 5.82 Å². The Morgan fingerprint density at radius 1 is 1.38 bits per heavy atom. The van der Waals surface area contributed by atoms with Crippen molar-refractivity contribution in [3.05, 3.63) is 29.0 Å². The number of halogens is 4. The molecule has 0 unspecified atom stereocenters. The number of hydrogen-bond donors (Lipinski definition) is 0. The minimum atomic E-state index is -2.46. The molecule has 1 aromatic heterocycles. The Morgan fingerprint density at radius 2 is 2.12 bits per heavy atom. The molecule has 2 nitrogen and oxygen atoms in total. The molecule has 0 spiro atoms. The van der Waals surface area contributed by atoms with Crippen LogP contribution in [0.25, 0.3) is 11.0 Å². The quantitative estimate of drug-likeness (QED) is 0.774. The van der Waals surface area contributed by atoms with Crippen LogP contribution in [0.3, 0.4) is 0 Å². The summed E-state index contributed by atoms with van der Waals surface area (Å²) in [6, 6.07) is 5.09. The Hall–Kier alpha value is -0.870. The zero-order valence-corrected chi connectivity index (χ0v) is 9.64. The predicted molar refractivity (Wildman–Crippen MR) is 60.3 cm³/mol. The lowest BCUT2D eigenvalue weighted by Crippen LogP contribution is -2.09. The SMILES string of the molecule is FC(F)Cn1c(CCl)nc2cccc(Cl)c21. The lowest BCUT2D eigenvalue weighted by Gasteiger charge is -2.07. The van der Waals surface area contributed by atoms with Crippen molar-refractivity contribution in [3.8, 4) is 0 Å². The van der Waals surface area contributed by atoms with Gasteiger partial charge in [-0.15, -0.1) is 11.6 Å². The molecular formula is C10H8Cl2F2N2. The van der Waals surface area contributed by atoms with Crippen LogP contribution in [0.2, 0.25) is 5.02 Å². The first kappa shape index (κ1) is 11.6.